The van der Waals surface area contributed by atoms with E-state index in [1.165, 1.54) is 0 Å². The van der Waals surface area contributed by atoms with Crippen LogP contribution in [0.4, 0.5) is 0 Å². The first-order valence-corrected chi connectivity index (χ1v) is 6.64. The van der Waals surface area contributed by atoms with Gasteiger partial charge in [0.25, 0.3) is 0 Å². The van der Waals surface area contributed by atoms with Gasteiger partial charge in [0.2, 0.25) is 5.89 Å². The first kappa shape index (κ1) is 13.5. The molecule has 1 aromatic heterocycles. The molecular weight excluding hydrogens is 268 g/mol. The van der Waals surface area contributed by atoms with E-state index >= 15 is 0 Å². The number of nitrogens with two attached hydrogens (primary N) is 1. The summed E-state index contributed by atoms with van der Waals surface area (Å²) in [6.07, 6.45) is 0. The van der Waals surface area contributed by atoms with E-state index in [4.69, 9.17) is 19.6 Å². The number of ether oxygens (including phenoxy) is 2. The predicted molar refractivity (Wildman–Crippen MR) is 79.2 cm³/mol. The molecule has 0 aliphatic rings. The van der Waals surface area contributed by atoms with E-state index in [1.807, 2.05) is 42.5 Å². The van der Waals surface area contributed by atoms with Crippen molar-refractivity contribution >= 4 is 11.1 Å². The summed E-state index contributed by atoms with van der Waals surface area (Å²) in [5, 5.41) is 0. The molecule has 5 nitrogen and oxygen atoms in total. The van der Waals surface area contributed by atoms with Gasteiger partial charge >= 0.3 is 0 Å². The fraction of sp³-hybridized carbons (Fsp3) is 0.188. The molecule has 5 heteroatoms. The topological polar surface area (TPSA) is 70.5 Å². The zero-order chi connectivity index (χ0) is 14.7. The maximum Gasteiger partial charge on any atom is 0.233 e. The lowest BCUT2D eigenvalue weighted by atomic mass is 10.2. The average molecular weight is 284 g/mol. The number of hydrogen-bond donors (Lipinski definition) is 1. The van der Waals surface area contributed by atoms with Crippen molar-refractivity contribution in [2.45, 2.75) is 13.2 Å². The van der Waals surface area contributed by atoms with Crippen LogP contribution in [0.1, 0.15) is 11.5 Å². The summed E-state index contributed by atoms with van der Waals surface area (Å²) >= 11 is 0. The number of oxazole rings is 1. The molecule has 0 aliphatic heterocycles. The monoisotopic (exact) mass is 284 g/mol. The molecule has 0 fully saturated rings. The van der Waals surface area contributed by atoms with Gasteiger partial charge in [0.1, 0.15) is 17.0 Å². The third-order valence-electron chi connectivity index (χ3n) is 3.14. The van der Waals surface area contributed by atoms with Crippen molar-refractivity contribution in [3.63, 3.8) is 0 Å². The molecular formula is C16H16N2O3. The summed E-state index contributed by atoms with van der Waals surface area (Å²) in [6, 6.07) is 13.1. The van der Waals surface area contributed by atoms with Crippen LogP contribution in [0, 0.1) is 0 Å². The maximum absolute atomic E-state index is 5.66. The van der Waals surface area contributed by atoms with Crippen LogP contribution in [0.25, 0.3) is 11.1 Å². The summed E-state index contributed by atoms with van der Waals surface area (Å²) in [4.78, 5) is 4.40. The van der Waals surface area contributed by atoms with Crippen molar-refractivity contribution in [3.05, 3.63) is 53.9 Å². The van der Waals surface area contributed by atoms with Crippen LogP contribution in [0.5, 0.6) is 11.5 Å². The highest BCUT2D eigenvalue weighted by molar-refractivity contribution is 5.73. The molecule has 21 heavy (non-hydrogen) atoms. The number of aromatic nitrogens is 1. The SMILES string of the molecule is COc1cccc(OCc2nc3cc(CN)ccc3o2)c1. The normalized spacial score (nSPS) is 10.8. The van der Waals surface area contributed by atoms with Crippen molar-refractivity contribution in [3.8, 4) is 11.5 Å². The van der Waals surface area contributed by atoms with Crippen molar-refractivity contribution in [1.82, 2.24) is 4.98 Å². The van der Waals surface area contributed by atoms with Gasteiger partial charge in [0, 0.05) is 12.6 Å². The van der Waals surface area contributed by atoms with Crippen molar-refractivity contribution in [2.24, 2.45) is 5.73 Å². The zero-order valence-corrected chi connectivity index (χ0v) is 11.7. The van der Waals surface area contributed by atoms with Gasteiger partial charge in [-0.15, -0.1) is 0 Å². The van der Waals surface area contributed by atoms with Gasteiger partial charge in [0.05, 0.1) is 7.11 Å². The highest BCUT2D eigenvalue weighted by Crippen LogP contribution is 2.21. The van der Waals surface area contributed by atoms with Gasteiger partial charge in [-0.2, -0.15) is 0 Å². The van der Waals surface area contributed by atoms with Crippen LogP contribution < -0.4 is 15.2 Å². The Labute approximate surface area is 122 Å². The van der Waals surface area contributed by atoms with Gasteiger partial charge < -0.3 is 19.6 Å². The lowest BCUT2D eigenvalue weighted by molar-refractivity contribution is 0.266. The quantitative estimate of drug-likeness (QED) is 0.780. The lowest BCUT2D eigenvalue weighted by Crippen LogP contribution is -1.96. The zero-order valence-electron chi connectivity index (χ0n) is 11.7. The molecule has 0 aliphatic carbocycles. The minimum Gasteiger partial charge on any atom is -0.497 e. The van der Waals surface area contributed by atoms with Gasteiger partial charge in [-0.25, -0.2) is 4.98 Å². The van der Waals surface area contributed by atoms with Gasteiger partial charge in [0.15, 0.2) is 12.2 Å². The van der Waals surface area contributed by atoms with E-state index in [2.05, 4.69) is 4.98 Å². The number of benzene rings is 2. The van der Waals surface area contributed by atoms with Gasteiger partial charge in [-0.1, -0.05) is 12.1 Å². The van der Waals surface area contributed by atoms with E-state index in [0.717, 1.165) is 22.4 Å². The first-order valence-electron chi connectivity index (χ1n) is 6.64. The molecule has 0 bridgehead atoms. The highest BCUT2D eigenvalue weighted by Gasteiger charge is 2.07. The Kier molecular flexibility index (Phi) is 3.75. The highest BCUT2D eigenvalue weighted by atomic mass is 16.5. The minimum atomic E-state index is 0.264. The molecule has 3 aromatic rings. The molecule has 0 unspecified atom stereocenters. The Morgan fingerprint density at radius 1 is 1.14 bits per heavy atom. The van der Waals surface area contributed by atoms with E-state index < -0.39 is 0 Å². The number of nitrogens with zero attached hydrogens (tertiary/aromatic N) is 1. The lowest BCUT2D eigenvalue weighted by Gasteiger charge is -2.05. The number of rotatable bonds is 5. The Hall–Kier alpha value is -2.53. The van der Waals surface area contributed by atoms with Crippen LogP contribution in [0.15, 0.2) is 46.9 Å². The molecule has 3 rings (SSSR count). The molecule has 0 saturated carbocycles. The Balaban J connectivity index is 1.75. The maximum atomic E-state index is 5.66. The standard InChI is InChI=1S/C16H16N2O3/c1-19-12-3-2-4-13(8-12)20-10-16-18-14-7-11(9-17)5-6-15(14)21-16/h2-8H,9-10,17H2,1H3. The van der Waals surface area contributed by atoms with Crippen LogP contribution >= 0.6 is 0 Å². The largest absolute Gasteiger partial charge is 0.497 e. The molecule has 0 radical (unpaired) electrons. The molecule has 0 atom stereocenters. The summed E-state index contributed by atoms with van der Waals surface area (Å²) in [6.45, 7) is 0.748. The summed E-state index contributed by atoms with van der Waals surface area (Å²) in [7, 11) is 1.62. The molecule has 2 aromatic carbocycles. The molecule has 1 heterocycles. The van der Waals surface area contributed by atoms with Crippen molar-refractivity contribution < 1.29 is 13.9 Å². The van der Waals surface area contributed by atoms with Crippen LogP contribution in [0.2, 0.25) is 0 Å². The minimum absolute atomic E-state index is 0.264. The fourth-order valence-electron chi connectivity index (χ4n) is 2.05. The second-order valence-electron chi connectivity index (χ2n) is 4.58. The smallest absolute Gasteiger partial charge is 0.233 e. The van der Waals surface area contributed by atoms with E-state index in [1.54, 1.807) is 7.11 Å². The fourth-order valence-corrected chi connectivity index (χ4v) is 2.05. The first-order chi connectivity index (χ1) is 10.3. The van der Waals surface area contributed by atoms with Crippen molar-refractivity contribution in [2.75, 3.05) is 7.11 Å². The van der Waals surface area contributed by atoms with Crippen molar-refractivity contribution in [1.29, 1.82) is 0 Å². The molecule has 0 spiro atoms. The van der Waals surface area contributed by atoms with Crippen LogP contribution in [0.3, 0.4) is 0 Å². The van der Waals surface area contributed by atoms with E-state index in [9.17, 15) is 0 Å². The molecule has 0 saturated heterocycles. The summed E-state index contributed by atoms with van der Waals surface area (Å²) < 4.78 is 16.4. The third-order valence-corrected chi connectivity index (χ3v) is 3.14. The van der Waals surface area contributed by atoms with Gasteiger partial charge in [-0.05, 0) is 29.8 Å². The summed E-state index contributed by atoms with van der Waals surface area (Å²) in [5.74, 6) is 1.99. The van der Waals surface area contributed by atoms with Crippen LogP contribution in [-0.2, 0) is 13.2 Å². The second-order valence-corrected chi connectivity index (χ2v) is 4.58. The second kappa shape index (κ2) is 5.85. The number of fused-ring (bicyclic) bond motifs is 1. The molecule has 2 N–H and O–H groups in total. The third kappa shape index (κ3) is 2.98. The molecule has 108 valence electrons. The summed E-state index contributed by atoms with van der Waals surface area (Å²) in [5.41, 5.74) is 8.17. The molecule has 0 amide bonds. The van der Waals surface area contributed by atoms with E-state index in [0.29, 0.717) is 18.2 Å². The average Bonchev–Trinajstić information content (AvgIpc) is 2.95. The number of methoxy groups -OCH3 is 1. The Morgan fingerprint density at radius 2 is 2.00 bits per heavy atom. The van der Waals surface area contributed by atoms with E-state index in [-0.39, 0.29) is 6.61 Å². The predicted octanol–water partition coefficient (Wildman–Crippen LogP) is 2.87. The van der Waals surface area contributed by atoms with Gasteiger partial charge in [-0.3, -0.25) is 0 Å². The Bertz CT molecular complexity index is 752. The van der Waals surface area contributed by atoms with Crippen LogP contribution in [-0.4, -0.2) is 12.1 Å². The Morgan fingerprint density at radius 3 is 2.81 bits per heavy atom. The number of hydrogen-bond acceptors (Lipinski definition) is 5.